The molecule has 0 saturated heterocycles. The fraction of sp³-hybridized carbons (Fsp3) is 0.455. The molecule has 1 saturated carbocycles. The second-order valence-corrected chi connectivity index (χ2v) is 7.69. The molecule has 136 valence electrons. The first-order chi connectivity index (χ1) is 12.5. The second kappa shape index (κ2) is 6.84. The molecule has 4 rings (SSSR count). The number of nitrogens with zero attached hydrogens (tertiary/aromatic N) is 1. The van der Waals surface area contributed by atoms with Crippen LogP contribution < -0.4 is 5.56 Å². The summed E-state index contributed by atoms with van der Waals surface area (Å²) in [5.74, 6) is 0.314. The topological polar surface area (TPSA) is 48.3 Å². The molecular weight excluding hydrogens is 326 g/mol. The Hall–Kier alpha value is -2.20. The van der Waals surface area contributed by atoms with Crippen LogP contribution in [0.3, 0.4) is 0 Å². The van der Waals surface area contributed by atoms with Gasteiger partial charge in [0.05, 0.1) is 12.7 Å². The number of hydrogen-bond acceptors (Lipinski definition) is 3. The summed E-state index contributed by atoms with van der Waals surface area (Å²) in [6.45, 7) is 2.41. The average molecular weight is 351 g/mol. The SMILES string of the molecule is Cc1cc(-c2cc3c(cc2COC2CCC2)CC(=O)CC3)cn(C)c1=O. The molecule has 2 aliphatic carbocycles. The van der Waals surface area contributed by atoms with Crippen molar-refractivity contribution >= 4 is 5.78 Å². The van der Waals surface area contributed by atoms with Crippen molar-refractivity contribution in [1.29, 1.82) is 0 Å². The van der Waals surface area contributed by atoms with E-state index in [-0.39, 0.29) is 5.56 Å². The van der Waals surface area contributed by atoms with Crippen LogP contribution in [-0.4, -0.2) is 16.5 Å². The standard InChI is InChI=1S/C22H25NO3/c1-14-8-17(12-23(2)22(14)25)21-11-15-6-7-19(24)10-16(15)9-18(21)13-26-20-4-3-5-20/h8-9,11-12,20H,3-7,10,13H2,1-2H3. The van der Waals surface area contributed by atoms with Gasteiger partial charge in [0.15, 0.2) is 0 Å². The van der Waals surface area contributed by atoms with E-state index in [0.29, 0.717) is 31.3 Å². The number of fused-ring (bicyclic) bond motifs is 1. The lowest BCUT2D eigenvalue weighted by molar-refractivity contribution is -0.118. The zero-order chi connectivity index (χ0) is 18.3. The fourth-order valence-corrected chi connectivity index (χ4v) is 3.87. The Labute approximate surface area is 153 Å². The summed E-state index contributed by atoms with van der Waals surface area (Å²) in [5.41, 5.74) is 6.43. The number of aryl methyl sites for hydroxylation is 3. The normalized spacial score (nSPS) is 17.1. The van der Waals surface area contributed by atoms with Crippen molar-refractivity contribution < 1.29 is 9.53 Å². The Balaban J connectivity index is 1.77. The molecule has 0 aliphatic heterocycles. The van der Waals surface area contributed by atoms with Crippen molar-refractivity contribution in [3.8, 4) is 11.1 Å². The minimum absolute atomic E-state index is 0.0320. The van der Waals surface area contributed by atoms with E-state index in [2.05, 4.69) is 12.1 Å². The minimum Gasteiger partial charge on any atom is -0.374 e. The molecule has 1 aromatic heterocycles. The molecule has 4 heteroatoms. The number of carbonyl (C=O) groups is 1. The highest BCUT2D eigenvalue weighted by atomic mass is 16.5. The van der Waals surface area contributed by atoms with Gasteiger partial charge >= 0.3 is 0 Å². The number of aromatic nitrogens is 1. The van der Waals surface area contributed by atoms with Gasteiger partial charge in [-0.25, -0.2) is 0 Å². The minimum atomic E-state index is 0.0320. The summed E-state index contributed by atoms with van der Waals surface area (Å²) in [7, 11) is 1.79. The molecule has 0 unspecified atom stereocenters. The van der Waals surface area contributed by atoms with E-state index in [9.17, 15) is 9.59 Å². The van der Waals surface area contributed by atoms with Crippen LogP contribution in [0.4, 0.5) is 0 Å². The van der Waals surface area contributed by atoms with Crippen LogP contribution >= 0.6 is 0 Å². The third-order valence-corrected chi connectivity index (χ3v) is 5.69. The maximum atomic E-state index is 12.1. The zero-order valence-corrected chi connectivity index (χ0v) is 15.5. The van der Waals surface area contributed by atoms with Gasteiger partial charge in [-0.2, -0.15) is 0 Å². The molecule has 0 spiro atoms. The first-order valence-corrected chi connectivity index (χ1v) is 9.47. The van der Waals surface area contributed by atoms with Crippen molar-refractivity contribution in [1.82, 2.24) is 4.57 Å². The quantitative estimate of drug-likeness (QED) is 0.847. The second-order valence-electron chi connectivity index (χ2n) is 7.69. The zero-order valence-electron chi connectivity index (χ0n) is 15.5. The third kappa shape index (κ3) is 3.26. The summed E-state index contributed by atoms with van der Waals surface area (Å²) in [6, 6.07) is 6.33. The number of Topliss-reactive ketones (excluding diaryl/α,β-unsaturated/α-hetero) is 1. The van der Waals surface area contributed by atoms with E-state index in [1.165, 1.54) is 12.0 Å². The van der Waals surface area contributed by atoms with Crippen molar-refractivity contribution in [2.75, 3.05) is 0 Å². The first-order valence-electron chi connectivity index (χ1n) is 9.47. The van der Waals surface area contributed by atoms with Crippen LogP contribution in [0.25, 0.3) is 11.1 Å². The van der Waals surface area contributed by atoms with Gasteiger partial charge in [0.25, 0.3) is 5.56 Å². The maximum Gasteiger partial charge on any atom is 0.253 e. The summed E-state index contributed by atoms with van der Waals surface area (Å²) in [4.78, 5) is 23.9. The molecule has 26 heavy (non-hydrogen) atoms. The van der Waals surface area contributed by atoms with Gasteiger partial charge in [0.2, 0.25) is 0 Å². The maximum absolute atomic E-state index is 12.1. The molecule has 0 N–H and O–H groups in total. The van der Waals surface area contributed by atoms with Gasteiger partial charge < -0.3 is 9.30 Å². The van der Waals surface area contributed by atoms with Gasteiger partial charge in [-0.15, -0.1) is 0 Å². The third-order valence-electron chi connectivity index (χ3n) is 5.69. The van der Waals surface area contributed by atoms with Gasteiger partial charge in [-0.3, -0.25) is 9.59 Å². The van der Waals surface area contributed by atoms with Crippen LogP contribution in [0.2, 0.25) is 0 Å². The highest BCUT2D eigenvalue weighted by molar-refractivity contribution is 5.84. The first kappa shape index (κ1) is 17.2. The number of ether oxygens (including phenoxy) is 1. The molecule has 4 nitrogen and oxygen atoms in total. The summed E-state index contributed by atoms with van der Waals surface area (Å²) in [6.07, 6.45) is 7.73. The number of rotatable bonds is 4. The molecule has 1 fully saturated rings. The van der Waals surface area contributed by atoms with Gasteiger partial charge in [-0.05, 0) is 66.5 Å². The Kier molecular flexibility index (Phi) is 4.53. The van der Waals surface area contributed by atoms with E-state index >= 15 is 0 Å². The van der Waals surface area contributed by atoms with E-state index in [1.807, 2.05) is 19.2 Å². The summed E-state index contributed by atoms with van der Waals surface area (Å²) in [5, 5.41) is 0. The van der Waals surface area contributed by atoms with Crippen LogP contribution in [0, 0.1) is 6.92 Å². The predicted octanol–water partition coefficient (Wildman–Crippen LogP) is 3.49. The van der Waals surface area contributed by atoms with E-state index in [1.54, 1.807) is 11.6 Å². The van der Waals surface area contributed by atoms with Crippen molar-refractivity contribution in [3.05, 3.63) is 57.0 Å². The van der Waals surface area contributed by atoms with Crippen LogP contribution in [0.5, 0.6) is 0 Å². The molecule has 2 aromatic rings. The molecular formula is C22H25NO3. The lowest BCUT2D eigenvalue weighted by Gasteiger charge is -2.27. The van der Waals surface area contributed by atoms with E-state index in [4.69, 9.17) is 4.74 Å². The lowest BCUT2D eigenvalue weighted by Crippen LogP contribution is -2.22. The molecule has 0 atom stereocenters. The number of hydrogen-bond donors (Lipinski definition) is 0. The highest BCUT2D eigenvalue weighted by Gasteiger charge is 2.22. The largest absolute Gasteiger partial charge is 0.374 e. The lowest BCUT2D eigenvalue weighted by atomic mass is 9.86. The molecule has 1 heterocycles. The molecule has 0 amide bonds. The number of carbonyl (C=O) groups excluding carboxylic acids is 1. The number of pyridine rings is 1. The van der Waals surface area contributed by atoms with Crippen molar-refractivity contribution in [3.63, 3.8) is 0 Å². The van der Waals surface area contributed by atoms with Crippen LogP contribution in [-0.2, 0) is 36.0 Å². The van der Waals surface area contributed by atoms with Gasteiger partial charge in [-0.1, -0.05) is 12.1 Å². The van der Waals surface area contributed by atoms with E-state index < -0.39 is 0 Å². The summed E-state index contributed by atoms with van der Waals surface area (Å²) < 4.78 is 7.72. The molecule has 0 bridgehead atoms. The van der Waals surface area contributed by atoms with E-state index in [0.717, 1.165) is 47.1 Å². The van der Waals surface area contributed by atoms with Crippen molar-refractivity contribution in [2.45, 2.75) is 58.2 Å². The number of benzene rings is 1. The predicted molar refractivity (Wildman–Crippen MR) is 101 cm³/mol. The molecule has 1 aromatic carbocycles. The smallest absolute Gasteiger partial charge is 0.253 e. The van der Waals surface area contributed by atoms with Crippen LogP contribution in [0.1, 0.15) is 47.9 Å². The van der Waals surface area contributed by atoms with Crippen LogP contribution in [0.15, 0.2) is 29.2 Å². The Morgan fingerprint density at radius 3 is 2.62 bits per heavy atom. The molecule has 0 radical (unpaired) electrons. The average Bonchev–Trinajstić information content (AvgIpc) is 2.57. The monoisotopic (exact) mass is 351 g/mol. The van der Waals surface area contributed by atoms with Crippen molar-refractivity contribution in [2.24, 2.45) is 7.05 Å². The Bertz CT molecular complexity index is 895. The molecule has 2 aliphatic rings. The van der Waals surface area contributed by atoms with Gasteiger partial charge in [0, 0.05) is 31.6 Å². The Morgan fingerprint density at radius 1 is 1.12 bits per heavy atom. The van der Waals surface area contributed by atoms with Gasteiger partial charge in [0.1, 0.15) is 5.78 Å². The number of ketones is 1. The summed E-state index contributed by atoms with van der Waals surface area (Å²) >= 11 is 0. The fourth-order valence-electron chi connectivity index (χ4n) is 3.87. The highest BCUT2D eigenvalue weighted by Crippen LogP contribution is 2.32. The Morgan fingerprint density at radius 2 is 1.92 bits per heavy atom.